The summed E-state index contributed by atoms with van der Waals surface area (Å²) < 4.78 is 35.7. The molecule has 1 fully saturated rings. The van der Waals surface area contributed by atoms with E-state index in [1.54, 1.807) is 0 Å². The number of halogens is 1. The van der Waals surface area contributed by atoms with Crippen LogP contribution in [0.3, 0.4) is 0 Å². The number of nitrogens with zero attached hydrogens (tertiary/aromatic N) is 1. The third-order valence-corrected chi connectivity index (χ3v) is 4.78. The molecule has 108 valence electrons. The Hall–Kier alpha value is -2.03. The lowest BCUT2D eigenvalue weighted by Gasteiger charge is -2.09. The zero-order valence-corrected chi connectivity index (χ0v) is 11.0. The number of hydrogen-bond acceptors (Lipinski definition) is 5. The van der Waals surface area contributed by atoms with Crippen molar-refractivity contribution in [3.8, 4) is 0 Å². The van der Waals surface area contributed by atoms with Crippen LogP contribution in [0.1, 0.15) is 6.42 Å². The number of rotatable bonds is 3. The summed E-state index contributed by atoms with van der Waals surface area (Å²) in [6.45, 7) is 0. The van der Waals surface area contributed by atoms with E-state index in [1.165, 1.54) is 6.07 Å². The lowest BCUT2D eigenvalue weighted by Crippen LogP contribution is -2.23. The molecule has 0 aromatic heterocycles. The predicted molar refractivity (Wildman–Crippen MR) is 68.4 cm³/mol. The Labute approximate surface area is 113 Å². The summed E-state index contributed by atoms with van der Waals surface area (Å²) in [6.07, 6.45) is 0.220. The number of amides is 1. The van der Waals surface area contributed by atoms with E-state index in [2.05, 4.69) is 5.32 Å². The van der Waals surface area contributed by atoms with Crippen LogP contribution in [-0.2, 0) is 14.6 Å². The number of nitrogens with one attached hydrogen (secondary N) is 1. The Morgan fingerprint density at radius 1 is 1.45 bits per heavy atom. The van der Waals surface area contributed by atoms with Crippen LogP contribution in [0.25, 0.3) is 0 Å². The highest BCUT2D eigenvalue weighted by atomic mass is 32.2. The maximum atomic E-state index is 13.1. The molecule has 0 saturated carbocycles. The fourth-order valence-corrected chi connectivity index (χ4v) is 3.72. The molecule has 1 saturated heterocycles. The molecule has 1 aromatic rings. The van der Waals surface area contributed by atoms with Crippen LogP contribution in [0.4, 0.5) is 15.8 Å². The highest BCUT2D eigenvalue weighted by molar-refractivity contribution is 7.91. The number of hydrogen-bond donors (Lipinski definition) is 1. The van der Waals surface area contributed by atoms with Gasteiger partial charge in [0.15, 0.2) is 9.84 Å². The standard InChI is InChI=1S/C11H11FN2O5S/c12-9-2-1-8(5-10(9)14(16)17)13-11(15)7-3-4-20(18,19)6-7/h1-2,5,7H,3-4,6H2,(H,13,15). The first-order chi connectivity index (χ1) is 9.28. The van der Waals surface area contributed by atoms with Crippen molar-refractivity contribution in [3.05, 3.63) is 34.1 Å². The molecule has 0 spiro atoms. The van der Waals surface area contributed by atoms with Crippen LogP contribution in [0, 0.1) is 21.8 Å². The predicted octanol–water partition coefficient (Wildman–Crippen LogP) is 1.11. The molecule has 7 nitrogen and oxygen atoms in total. The lowest BCUT2D eigenvalue weighted by molar-refractivity contribution is -0.387. The second-order valence-electron chi connectivity index (χ2n) is 4.51. The van der Waals surface area contributed by atoms with Crippen LogP contribution in [-0.4, -0.2) is 30.8 Å². The monoisotopic (exact) mass is 302 g/mol. The molecule has 2 rings (SSSR count). The minimum Gasteiger partial charge on any atom is -0.326 e. The zero-order valence-electron chi connectivity index (χ0n) is 10.2. The van der Waals surface area contributed by atoms with Crippen molar-refractivity contribution in [2.24, 2.45) is 5.92 Å². The van der Waals surface area contributed by atoms with Gasteiger partial charge in [-0.3, -0.25) is 14.9 Å². The molecule has 1 N–H and O–H groups in total. The van der Waals surface area contributed by atoms with E-state index >= 15 is 0 Å². The summed E-state index contributed by atoms with van der Waals surface area (Å²) in [4.78, 5) is 21.5. The summed E-state index contributed by atoms with van der Waals surface area (Å²) in [5.41, 5.74) is -0.686. The maximum absolute atomic E-state index is 13.1. The minimum absolute atomic E-state index is 0.0470. The molecule has 0 aliphatic carbocycles. The van der Waals surface area contributed by atoms with Gasteiger partial charge in [-0.05, 0) is 18.6 Å². The van der Waals surface area contributed by atoms with Gasteiger partial charge in [0.05, 0.1) is 22.3 Å². The molecule has 1 atom stereocenters. The first-order valence-electron chi connectivity index (χ1n) is 5.74. The van der Waals surface area contributed by atoms with Gasteiger partial charge in [-0.1, -0.05) is 0 Å². The Morgan fingerprint density at radius 3 is 2.70 bits per heavy atom. The number of carbonyl (C=O) groups is 1. The highest BCUT2D eigenvalue weighted by Gasteiger charge is 2.33. The van der Waals surface area contributed by atoms with Crippen molar-refractivity contribution < 1.29 is 22.5 Å². The van der Waals surface area contributed by atoms with Gasteiger partial charge in [0.25, 0.3) is 0 Å². The van der Waals surface area contributed by atoms with E-state index in [0.29, 0.717) is 0 Å². The maximum Gasteiger partial charge on any atom is 0.306 e. The van der Waals surface area contributed by atoms with Gasteiger partial charge >= 0.3 is 5.69 Å². The smallest absolute Gasteiger partial charge is 0.306 e. The van der Waals surface area contributed by atoms with Crippen molar-refractivity contribution in [3.63, 3.8) is 0 Å². The second kappa shape index (κ2) is 5.16. The summed E-state index contributed by atoms with van der Waals surface area (Å²) in [7, 11) is -3.19. The van der Waals surface area contributed by atoms with E-state index in [-0.39, 0.29) is 23.6 Å². The number of nitro benzene ring substituents is 1. The van der Waals surface area contributed by atoms with Gasteiger partial charge in [0.2, 0.25) is 11.7 Å². The van der Waals surface area contributed by atoms with Crippen LogP contribution in [0.2, 0.25) is 0 Å². The quantitative estimate of drug-likeness (QED) is 0.665. The van der Waals surface area contributed by atoms with Gasteiger partial charge in [0, 0.05) is 11.8 Å². The first kappa shape index (κ1) is 14.4. The average molecular weight is 302 g/mol. The normalized spacial score (nSPS) is 20.6. The summed E-state index contributed by atoms with van der Waals surface area (Å²) in [5.74, 6) is -2.50. The van der Waals surface area contributed by atoms with Crippen molar-refractivity contribution in [2.45, 2.75) is 6.42 Å². The third-order valence-electron chi connectivity index (χ3n) is 3.01. The Kier molecular flexibility index (Phi) is 3.71. The minimum atomic E-state index is -3.19. The first-order valence-corrected chi connectivity index (χ1v) is 7.56. The third kappa shape index (κ3) is 3.10. The number of anilines is 1. The van der Waals surface area contributed by atoms with Gasteiger partial charge < -0.3 is 5.32 Å². The van der Waals surface area contributed by atoms with Crippen molar-refractivity contribution in [1.82, 2.24) is 0 Å². The number of carbonyl (C=O) groups excluding carboxylic acids is 1. The number of benzene rings is 1. The van der Waals surface area contributed by atoms with E-state index in [9.17, 15) is 27.7 Å². The average Bonchev–Trinajstić information content (AvgIpc) is 2.72. The molecule has 20 heavy (non-hydrogen) atoms. The van der Waals surface area contributed by atoms with Gasteiger partial charge in [-0.15, -0.1) is 0 Å². The summed E-state index contributed by atoms with van der Waals surface area (Å²) in [6, 6.07) is 2.96. The fourth-order valence-electron chi connectivity index (χ4n) is 1.98. The summed E-state index contributed by atoms with van der Waals surface area (Å²) in [5, 5.41) is 12.9. The van der Waals surface area contributed by atoms with Crippen LogP contribution < -0.4 is 5.32 Å². The van der Waals surface area contributed by atoms with E-state index < -0.39 is 38.1 Å². The van der Waals surface area contributed by atoms with E-state index in [4.69, 9.17) is 0 Å². The molecule has 1 unspecified atom stereocenters. The Bertz CT molecular complexity index is 673. The van der Waals surface area contributed by atoms with Crippen molar-refractivity contribution >= 4 is 27.1 Å². The Morgan fingerprint density at radius 2 is 2.15 bits per heavy atom. The topological polar surface area (TPSA) is 106 Å². The molecule has 1 aliphatic heterocycles. The fraction of sp³-hybridized carbons (Fsp3) is 0.364. The van der Waals surface area contributed by atoms with Crippen LogP contribution >= 0.6 is 0 Å². The van der Waals surface area contributed by atoms with Gasteiger partial charge in [0.1, 0.15) is 0 Å². The molecule has 1 amide bonds. The summed E-state index contributed by atoms with van der Waals surface area (Å²) >= 11 is 0. The Balaban J connectivity index is 2.13. The molecule has 9 heteroatoms. The van der Waals surface area contributed by atoms with Gasteiger partial charge in [-0.2, -0.15) is 4.39 Å². The molecule has 1 aromatic carbocycles. The van der Waals surface area contributed by atoms with Crippen LogP contribution in [0.5, 0.6) is 0 Å². The number of nitro groups is 1. The second-order valence-corrected chi connectivity index (χ2v) is 6.74. The molecular formula is C11H11FN2O5S. The SMILES string of the molecule is O=C(Nc1ccc(F)c([N+](=O)[O-])c1)C1CCS(=O)(=O)C1. The zero-order chi connectivity index (χ0) is 14.9. The molecule has 0 bridgehead atoms. The molecule has 1 aliphatic rings. The van der Waals surface area contributed by atoms with Crippen molar-refractivity contribution in [1.29, 1.82) is 0 Å². The van der Waals surface area contributed by atoms with E-state index in [0.717, 1.165) is 12.1 Å². The van der Waals surface area contributed by atoms with E-state index in [1.807, 2.05) is 0 Å². The highest BCUT2D eigenvalue weighted by Crippen LogP contribution is 2.24. The van der Waals surface area contributed by atoms with Crippen molar-refractivity contribution in [2.75, 3.05) is 16.8 Å². The largest absolute Gasteiger partial charge is 0.326 e. The van der Waals surface area contributed by atoms with Crippen LogP contribution in [0.15, 0.2) is 18.2 Å². The molecule has 0 radical (unpaired) electrons. The van der Waals surface area contributed by atoms with Gasteiger partial charge in [-0.25, -0.2) is 8.42 Å². The molecule has 1 heterocycles. The molecular weight excluding hydrogens is 291 g/mol. The lowest BCUT2D eigenvalue weighted by atomic mass is 10.1. The number of sulfone groups is 1.